The van der Waals surface area contributed by atoms with E-state index in [1.165, 1.54) is 37.0 Å². The van der Waals surface area contributed by atoms with Gasteiger partial charge in [0, 0.05) is 16.2 Å². The van der Waals surface area contributed by atoms with Gasteiger partial charge in [0.15, 0.2) is 0 Å². The van der Waals surface area contributed by atoms with Crippen molar-refractivity contribution in [1.29, 1.82) is 0 Å². The van der Waals surface area contributed by atoms with Gasteiger partial charge in [-0.3, -0.25) is 0 Å². The lowest BCUT2D eigenvalue weighted by atomic mass is 9.83. The zero-order chi connectivity index (χ0) is 15.1. The first kappa shape index (κ1) is 16.7. The first-order valence-corrected chi connectivity index (χ1v) is 9.18. The van der Waals surface area contributed by atoms with Crippen LogP contribution >= 0.6 is 11.8 Å². The Balaban J connectivity index is 2.00. The predicted molar refractivity (Wildman–Crippen MR) is 92.4 cm³/mol. The molecule has 1 aliphatic rings. The molecule has 118 valence electrons. The largest absolute Gasteiger partial charge is 0.497 e. The summed E-state index contributed by atoms with van der Waals surface area (Å²) in [6.07, 6.45) is 6.77. The molecule has 0 radical (unpaired) electrons. The van der Waals surface area contributed by atoms with Crippen molar-refractivity contribution in [3.05, 3.63) is 24.3 Å². The van der Waals surface area contributed by atoms with Crippen LogP contribution < -0.4 is 10.1 Å². The summed E-state index contributed by atoms with van der Waals surface area (Å²) in [5, 5.41) is 4.39. The van der Waals surface area contributed by atoms with Gasteiger partial charge in [-0.1, -0.05) is 26.7 Å². The molecule has 1 N–H and O–H groups in total. The van der Waals surface area contributed by atoms with Crippen molar-refractivity contribution in [2.45, 2.75) is 62.1 Å². The normalized spacial score (nSPS) is 25.8. The summed E-state index contributed by atoms with van der Waals surface area (Å²) in [7, 11) is 1.72. The number of hydrogen-bond acceptors (Lipinski definition) is 3. The SMILES string of the molecule is CCCC1CCC(NCC)C(Sc2ccc(OC)cc2)C1. The Morgan fingerprint density at radius 3 is 2.57 bits per heavy atom. The lowest BCUT2D eigenvalue weighted by molar-refractivity contribution is 0.289. The van der Waals surface area contributed by atoms with Gasteiger partial charge < -0.3 is 10.1 Å². The fraction of sp³-hybridized carbons (Fsp3) is 0.667. The summed E-state index contributed by atoms with van der Waals surface area (Å²) in [4.78, 5) is 1.36. The van der Waals surface area contributed by atoms with E-state index in [1.54, 1.807) is 7.11 Å². The second-order valence-corrected chi connectivity index (χ2v) is 7.28. The third-order valence-corrected chi connectivity index (χ3v) is 5.78. The van der Waals surface area contributed by atoms with Gasteiger partial charge >= 0.3 is 0 Å². The van der Waals surface area contributed by atoms with Crippen LogP contribution in [0.5, 0.6) is 5.75 Å². The van der Waals surface area contributed by atoms with E-state index in [9.17, 15) is 0 Å². The lowest BCUT2D eigenvalue weighted by Gasteiger charge is -2.36. The molecule has 1 aromatic carbocycles. The summed E-state index contributed by atoms with van der Waals surface area (Å²) >= 11 is 2.04. The van der Waals surface area contributed by atoms with Crippen molar-refractivity contribution >= 4 is 11.8 Å². The molecule has 0 bridgehead atoms. The Kier molecular flexibility index (Phi) is 6.91. The number of nitrogens with one attached hydrogen (secondary N) is 1. The first-order chi connectivity index (χ1) is 10.3. The topological polar surface area (TPSA) is 21.3 Å². The standard InChI is InChI=1S/C18H29NOS/c1-4-6-14-7-12-17(19-5-2)18(13-14)21-16-10-8-15(20-3)9-11-16/h8-11,14,17-19H,4-7,12-13H2,1-3H3. The highest BCUT2D eigenvalue weighted by atomic mass is 32.2. The summed E-state index contributed by atoms with van der Waals surface area (Å²) in [5.41, 5.74) is 0. The molecule has 1 aromatic rings. The quantitative estimate of drug-likeness (QED) is 0.786. The van der Waals surface area contributed by atoms with Crippen LogP contribution in [0.15, 0.2) is 29.2 Å². The Hall–Kier alpha value is -0.670. The van der Waals surface area contributed by atoms with Crippen LogP contribution in [0.3, 0.4) is 0 Å². The Morgan fingerprint density at radius 2 is 1.95 bits per heavy atom. The highest BCUT2D eigenvalue weighted by Gasteiger charge is 2.30. The van der Waals surface area contributed by atoms with E-state index in [1.807, 2.05) is 11.8 Å². The van der Waals surface area contributed by atoms with Crippen LogP contribution in [-0.4, -0.2) is 24.9 Å². The highest BCUT2D eigenvalue weighted by molar-refractivity contribution is 8.00. The molecule has 0 aromatic heterocycles. The van der Waals surface area contributed by atoms with Gasteiger partial charge in [-0.25, -0.2) is 0 Å². The predicted octanol–water partition coefficient (Wildman–Crippen LogP) is 4.73. The number of methoxy groups -OCH3 is 1. The van der Waals surface area contributed by atoms with Crippen LogP contribution in [0, 0.1) is 5.92 Å². The van der Waals surface area contributed by atoms with Gasteiger partial charge in [0.25, 0.3) is 0 Å². The van der Waals surface area contributed by atoms with Gasteiger partial charge in [0.1, 0.15) is 5.75 Å². The maximum absolute atomic E-state index is 5.25. The lowest BCUT2D eigenvalue weighted by Crippen LogP contribution is -2.42. The van der Waals surface area contributed by atoms with Crippen molar-refractivity contribution in [1.82, 2.24) is 5.32 Å². The highest BCUT2D eigenvalue weighted by Crippen LogP contribution is 2.38. The Morgan fingerprint density at radius 1 is 1.19 bits per heavy atom. The van der Waals surface area contributed by atoms with Crippen molar-refractivity contribution in [3.63, 3.8) is 0 Å². The number of ether oxygens (including phenoxy) is 1. The second-order valence-electron chi connectivity index (χ2n) is 5.96. The average molecular weight is 308 g/mol. The molecule has 2 nitrogen and oxygen atoms in total. The van der Waals surface area contributed by atoms with E-state index in [-0.39, 0.29) is 0 Å². The molecule has 1 aliphatic carbocycles. The van der Waals surface area contributed by atoms with E-state index >= 15 is 0 Å². The molecule has 3 unspecified atom stereocenters. The van der Waals surface area contributed by atoms with E-state index in [0.29, 0.717) is 11.3 Å². The van der Waals surface area contributed by atoms with Crippen LogP contribution in [-0.2, 0) is 0 Å². The third kappa shape index (κ3) is 4.93. The van der Waals surface area contributed by atoms with E-state index in [2.05, 4.69) is 43.4 Å². The maximum atomic E-state index is 5.25. The molecule has 21 heavy (non-hydrogen) atoms. The number of rotatable bonds is 7. The molecule has 0 saturated heterocycles. The molecule has 0 spiro atoms. The molecule has 0 amide bonds. The monoisotopic (exact) mass is 307 g/mol. The van der Waals surface area contributed by atoms with Crippen LogP contribution in [0.25, 0.3) is 0 Å². The minimum atomic E-state index is 0.662. The summed E-state index contributed by atoms with van der Waals surface area (Å²) in [6.45, 7) is 5.60. The van der Waals surface area contributed by atoms with Crippen LogP contribution in [0.2, 0.25) is 0 Å². The first-order valence-electron chi connectivity index (χ1n) is 8.30. The third-order valence-electron chi connectivity index (χ3n) is 4.41. The number of benzene rings is 1. The van der Waals surface area contributed by atoms with Crippen molar-refractivity contribution in [3.8, 4) is 5.75 Å². The van der Waals surface area contributed by atoms with Crippen molar-refractivity contribution < 1.29 is 4.74 Å². The van der Waals surface area contributed by atoms with Gasteiger partial charge in [-0.15, -0.1) is 11.8 Å². The molecule has 1 fully saturated rings. The van der Waals surface area contributed by atoms with Gasteiger partial charge in [0.2, 0.25) is 0 Å². The van der Waals surface area contributed by atoms with E-state index in [0.717, 1.165) is 18.2 Å². The molecular weight excluding hydrogens is 278 g/mol. The average Bonchev–Trinajstić information content (AvgIpc) is 2.51. The number of thioether (sulfide) groups is 1. The van der Waals surface area contributed by atoms with E-state index in [4.69, 9.17) is 4.74 Å². The summed E-state index contributed by atoms with van der Waals surface area (Å²) < 4.78 is 5.25. The van der Waals surface area contributed by atoms with Gasteiger partial charge in [-0.2, -0.15) is 0 Å². The Bertz CT molecular complexity index is 406. The minimum absolute atomic E-state index is 0.662. The summed E-state index contributed by atoms with van der Waals surface area (Å²) in [6, 6.07) is 9.18. The molecule has 3 atom stereocenters. The van der Waals surface area contributed by atoms with Gasteiger partial charge in [0.05, 0.1) is 7.11 Å². The zero-order valence-electron chi connectivity index (χ0n) is 13.6. The molecular formula is C18H29NOS. The smallest absolute Gasteiger partial charge is 0.118 e. The molecule has 0 aliphatic heterocycles. The zero-order valence-corrected chi connectivity index (χ0v) is 14.4. The molecule has 2 rings (SSSR count). The second kappa shape index (κ2) is 8.70. The van der Waals surface area contributed by atoms with Crippen molar-refractivity contribution in [2.75, 3.05) is 13.7 Å². The van der Waals surface area contributed by atoms with Crippen molar-refractivity contribution in [2.24, 2.45) is 5.92 Å². The number of hydrogen-bond donors (Lipinski definition) is 1. The molecule has 0 heterocycles. The maximum Gasteiger partial charge on any atom is 0.118 e. The fourth-order valence-electron chi connectivity index (χ4n) is 3.34. The van der Waals surface area contributed by atoms with Crippen LogP contribution in [0.1, 0.15) is 46.0 Å². The summed E-state index contributed by atoms with van der Waals surface area (Å²) in [5.74, 6) is 1.86. The molecule has 1 saturated carbocycles. The van der Waals surface area contributed by atoms with E-state index < -0.39 is 0 Å². The minimum Gasteiger partial charge on any atom is -0.497 e. The van der Waals surface area contributed by atoms with Gasteiger partial charge in [-0.05, 0) is 56.0 Å². The molecule has 3 heteroatoms. The van der Waals surface area contributed by atoms with Crippen LogP contribution in [0.4, 0.5) is 0 Å². The fourth-order valence-corrected chi connectivity index (χ4v) is 4.75. The Labute approximate surface area is 134 Å².